The summed E-state index contributed by atoms with van der Waals surface area (Å²) < 4.78 is 57.0. The smallest absolute Gasteiger partial charge is 0.431 e. The van der Waals surface area contributed by atoms with Gasteiger partial charge in [-0.1, -0.05) is 47.6 Å². The fraction of sp³-hybridized carbons (Fsp3) is 0.227. The lowest BCUT2D eigenvalue weighted by atomic mass is 9.79. The van der Waals surface area contributed by atoms with Gasteiger partial charge in [-0.05, 0) is 82.6 Å². The number of amides is 2. The number of H-pyrrole nitrogens is 3. The molecule has 0 spiro atoms. The molecule has 7 rings (SSSR count). The van der Waals surface area contributed by atoms with Gasteiger partial charge in [0.25, 0.3) is 11.8 Å². The molecule has 0 aliphatic rings. The number of alkyl halides is 3. The van der Waals surface area contributed by atoms with Gasteiger partial charge in [0, 0.05) is 62.5 Å². The third kappa shape index (κ3) is 8.83. The Kier molecular flexibility index (Phi) is 10.9. The Hall–Kier alpha value is -6.90. The summed E-state index contributed by atoms with van der Waals surface area (Å²) in [6, 6.07) is 17.3. The molecule has 7 aromatic rings. The van der Waals surface area contributed by atoms with Crippen molar-refractivity contribution in [2.75, 3.05) is 17.7 Å². The number of phenolic OH excluding ortho intramolecular Hbond substituents is 1. The standard InChI is InChI=1S/C25H30N2O4.C19H11F4N3O2/c1-24(2,3)17-11-18(25(4,5)6)21(28)12-20(17)27-23(30)16-13-26-19-9-8-14(31-7)10-15(19)22(16)29;20-10-2-4-14-12(6-10)17(27)13(8-24-14)18(28)25-11-3-1-9-5-16(19(21,22)23)26-15(9)7-11/h8-13,28H,1-7H3,(H,26,29)(H,27,30);1-8,26H,(H,24,27)(H,25,28). The van der Waals surface area contributed by atoms with Crippen LogP contribution in [-0.4, -0.2) is 39.0 Å². The lowest BCUT2D eigenvalue weighted by Gasteiger charge is -2.28. The van der Waals surface area contributed by atoms with Crippen LogP contribution in [0, 0.1) is 5.82 Å². The maximum atomic E-state index is 13.4. The number of hydrogen-bond donors (Lipinski definition) is 6. The number of carbonyl (C=O) groups is 2. The summed E-state index contributed by atoms with van der Waals surface area (Å²) in [7, 11) is 1.52. The second-order valence-electron chi connectivity index (χ2n) is 16.0. The molecule has 0 atom stereocenters. The molecule has 306 valence electrons. The lowest BCUT2D eigenvalue weighted by molar-refractivity contribution is -0.140. The third-order valence-electron chi connectivity index (χ3n) is 9.61. The van der Waals surface area contributed by atoms with Crippen LogP contribution in [0.4, 0.5) is 28.9 Å². The van der Waals surface area contributed by atoms with E-state index >= 15 is 0 Å². The number of anilines is 2. The molecule has 3 heterocycles. The van der Waals surface area contributed by atoms with Crippen molar-refractivity contribution < 1.29 is 37.0 Å². The first-order chi connectivity index (χ1) is 27.5. The van der Waals surface area contributed by atoms with E-state index in [-0.39, 0.29) is 44.3 Å². The molecule has 3 aromatic heterocycles. The molecule has 0 aliphatic carbocycles. The first-order valence-corrected chi connectivity index (χ1v) is 18.3. The zero-order valence-corrected chi connectivity index (χ0v) is 33.1. The van der Waals surface area contributed by atoms with Crippen LogP contribution < -0.4 is 26.2 Å². The van der Waals surface area contributed by atoms with E-state index in [9.17, 15) is 41.8 Å². The predicted molar refractivity (Wildman–Crippen MR) is 220 cm³/mol. The predicted octanol–water partition coefficient (Wildman–Crippen LogP) is 9.51. The summed E-state index contributed by atoms with van der Waals surface area (Å²) in [6.07, 6.45) is -1.91. The second-order valence-corrected chi connectivity index (χ2v) is 16.0. The molecule has 0 bridgehead atoms. The van der Waals surface area contributed by atoms with Gasteiger partial charge in [-0.25, -0.2) is 4.39 Å². The molecule has 0 unspecified atom stereocenters. The molecular weight excluding hydrogens is 771 g/mol. The van der Waals surface area contributed by atoms with Gasteiger partial charge in [0.05, 0.1) is 7.11 Å². The van der Waals surface area contributed by atoms with Crippen LogP contribution in [0.5, 0.6) is 11.5 Å². The minimum absolute atomic E-state index is 0.0139. The lowest BCUT2D eigenvalue weighted by Crippen LogP contribution is -2.25. The number of aromatic amines is 3. The zero-order valence-electron chi connectivity index (χ0n) is 33.1. The second kappa shape index (κ2) is 15.5. The molecule has 0 saturated heterocycles. The molecule has 11 nitrogen and oxygen atoms in total. The maximum Gasteiger partial charge on any atom is 0.431 e. The van der Waals surface area contributed by atoms with Gasteiger partial charge in [-0.15, -0.1) is 0 Å². The van der Waals surface area contributed by atoms with Crippen LogP contribution in [0.3, 0.4) is 0 Å². The Morgan fingerprint density at radius 2 is 1.25 bits per heavy atom. The number of nitrogens with one attached hydrogen (secondary N) is 5. The van der Waals surface area contributed by atoms with Gasteiger partial charge in [0.1, 0.15) is 34.1 Å². The zero-order chi connectivity index (χ0) is 43.2. The SMILES string of the molecule is COc1ccc2[nH]cc(C(=O)Nc3cc(O)c(C(C)(C)C)cc3C(C)(C)C)c(=O)c2c1.O=C(Nc1ccc2cc(C(F)(F)F)[nH]c2c1)c1c[nH]c2ccc(F)cc2c1=O. The van der Waals surface area contributed by atoms with Gasteiger partial charge in [0.2, 0.25) is 10.9 Å². The summed E-state index contributed by atoms with van der Waals surface area (Å²) in [6.45, 7) is 12.2. The van der Waals surface area contributed by atoms with Crippen LogP contribution >= 0.6 is 0 Å². The maximum absolute atomic E-state index is 13.4. The Morgan fingerprint density at radius 3 is 1.83 bits per heavy atom. The Balaban J connectivity index is 0.000000199. The highest BCUT2D eigenvalue weighted by molar-refractivity contribution is 6.07. The summed E-state index contributed by atoms with van der Waals surface area (Å²) >= 11 is 0. The number of fused-ring (bicyclic) bond motifs is 3. The highest BCUT2D eigenvalue weighted by Crippen LogP contribution is 2.40. The number of ether oxygens (including phenoxy) is 1. The summed E-state index contributed by atoms with van der Waals surface area (Å²) in [4.78, 5) is 58.9. The largest absolute Gasteiger partial charge is 0.508 e. The van der Waals surface area contributed by atoms with Crippen molar-refractivity contribution in [1.82, 2.24) is 15.0 Å². The Labute approximate surface area is 334 Å². The van der Waals surface area contributed by atoms with Crippen molar-refractivity contribution in [1.29, 1.82) is 0 Å². The van der Waals surface area contributed by atoms with Crippen molar-refractivity contribution in [3.63, 3.8) is 0 Å². The van der Waals surface area contributed by atoms with Crippen molar-refractivity contribution in [3.05, 3.63) is 139 Å². The number of methoxy groups -OCH3 is 1. The molecule has 4 aromatic carbocycles. The van der Waals surface area contributed by atoms with E-state index in [1.165, 1.54) is 49.8 Å². The van der Waals surface area contributed by atoms with E-state index in [0.717, 1.165) is 23.3 Å². The van der Waals surface area contributed by atoms with Crippen LogP contribution in [0.1, 0.15) is 79.1 Å². The normalized spacial score (nSPS) is 12.0. The first kappa shape index (κ1) is 41.7. The van der Waals surface area contributed by atoms with E-state index < -0.39 is 40.4 Å². The van der Waals surface area contributed by atoms with E-state index in [1.54, 1.807) is 24.3 Å². The summed E-state index contributed by atoms with van der Waals surface area (Å²) in [5.41, 5.74) is 0.748. The highest BCUT2D eigenvalue weighted by atomic mass is 19.4. The molecule has 15 heteroatoms. The van der Waals surface area contributed by atoms with Gasteiger partial charge in [-0.3, -0.25) is 19.2 Å². The van der Waals surface area contributed by atoms with Gasteiger partial charge in [-0.2, -0.15) is 13.2 Å². The minimum Gasteiger partial charge on any atom is -0.508 e. The average Bonchev–Trinajstić information content (AvgIpc) is 3.59. The number of aromatic nitrogens is 3. The summed E-state index contributed by atoms with van der Waals surface area (Å²) in [5.74, 6) is -1.29. The number of pyridine rings is 2. The minimum atomic E-state index is -4.52. The van der Waals surface area contributed by atoms with Crippen molar-refractivity contribution in [2.24, 2.45) is 0 Å². The summed E-state index contributed by atoms with van der Waals surface area (Å²) in [5, 5.41) is 16.6. The number of hydrogen-bond acceptors (Lipinski definition) is 6. The van der Waals surface area contributed by atoms with Crippen molar-refractivity contribution >= 4 is 55.9 Å². The van der Waals surface area contributed by atoms with Gasteiger partial charge in [0.15, 0.2) is 0 Å². The van der Waals surface area contributed by atoms with Gasteiger partial charge < -0.3 is 35.4 Å². The van der Waals surface area contributed by atoms with E-state index in [1.807, 2.05) is 47.6 Å². The van der Waals surface area contributed by atoms with E-state index in [4.69, 9.17) is 4.74 Å². The third-order valence-corrected chi connectivity index (χ3v) is 9.61. The van der Waals surface area contributed by atoms with Crippen LogP contribution in [0.15, 0.2) is 94.8 Å². The topological polar surface area (TPSA) is 169 Å². The number of phenols is 1. The fourth-order valence-corrected chi connectivity index (χ4v) is 6.51. The molecule has 59 heavy (non-hydrogen) atoms. The molecule has 0 aliphatic heterocycles. The number of rotatable bonds is 5. The van der Waals surface area contributed by atoms with Crippen LogP contribution in [0.25, 0.3) is 32.7 Å². The fourth-order valence-electron chi connectivity index (χ4n) is 6.51. The Morgan fingerprint density at radius 1 is 0.678 bits per heavy atom. The van der Waals surface area contributed by atoms with E-state index in [0.29, 0.717) is 33.2 Å². The average molecular weight is 812 g/mol. The molecule has 0 radical (unpaired) electrons. The highest BCUT2D eigenvalue weighted by Gasteiger charge is 2.32. The van der Waals surface area contributed by atoms with Crippen molar-refractivity contribution in [2.45, 2.75) is 58.5 Å². The number of aromatic hydroxyl groups is 1. The molecule has 2 amide bonds. The monoisotopic (exact) mass is 811 g/mol. The number of halogens is 4. The van der Waals surface area contributed by atoms with Gasteiger partial charge >= 0.3 is 6.18 Å². The van der Waals surface area contributed by atoms with Crippen LogP contribution in [-0.2, 0) is 17.0 Å². The Bertz CT molecular complexity index is 2900. The number of benzene rings is 4. The number of carbonyl (C=O) groups excluding carboxylic acids is 2. The molecule has 6 N–H and O–H groups in total. The van der Waals surface area contributed by atoms with Crippen molar-refractivity contribution in [3.8, 4) is 11.5 Å². The molecule has 0 fully saturated rings. The van der Waals surface area contributed by atoms with E-state index in [2.05, 4.69) is 25.6 Å². The quantitative estimate of drug-likeness (QED) is 0.0947. The van der Waals surface area contributed by atoms with Crippen LogP contribution in [0.2, 0.25) is 0 Å². The first-order valence-electron chi connectivity index (χ1n) is 18.3. The molecule has 0 saturated carbocycles. The molecular formula is C44H41F4N5O6.